The fourth-order valence-electron chi connectivity index (χ4n) is 1.66. The number of hydrogen-bond acceptors (Lipinski definition) is 2. The lowest BCUT2D eigenvalue weighted by Crippen LogP contribution is -1.99. The third kappa shape index (κ3) is 3.00. The molecule has 3 heteroatoms. The number of rotatable bonds is 4. The summed E-state index contributed by atoms with van der Waals surface area (Å²) in [5, 5.41) is 0. The first-order valence-corrected chi connectivity index (χ1v) is 5.94. The maximum atomic E-state index is 13.5. The highest BCUT2D eigenvalue weighted by Crippen LogP contribution is 2.17. The molecule has 0 aliphatic heterocycles. The van der Waals surface area contributed by atoms with Crippen LogP contribution < -0.4 is 10.5 Å². The van der Waals surface area contributed by atoms with E-state index in [9.17, 15) is 4.39 Å². The zero-order valence-corrected chi connectivity index (χ0v) is 10.3. The van der Waals surface area contributed by atoms with E-state index in [0.29, 0.717) is 11.3 Å². The van der Waals surface area contributed by atoms with Crippen molar-refractivity contribution in [1.82, 2.24) is 0 Å². The molecule has 18 heavy (non-hydrogen) atoms. The number of ether oxygens (including phenoxy) is 1. The quantitative estimate of drug-likeness (QED) is 0.836. The molecule has 0 bridgehead atoms. The van der Waals surface area contributed by atoms with Gasteiger partial charge in [0.15, 0.2) is 0 Å². The highest BCUT2D eigenvalue weighted by atomic mass is 19.1. The molecule has 94 valence electrons. The van der Waals surface area contributed by atoms with Gasteiger partial charge in [0.1, 0.15) is 18.2 Å². The maximum Gasteiger partial charge on any atom is 0.131 e. The van der Waals surface area contributed by atoms with Gasteiger partial charge in [-0.2, -0.15) is 0 Å². The van der Waals surface area contributed by atoms with Gasteiger partial charge in [-0.1, -0.05) is 25.1 Å². The highest BCUT2D eigenvalue weighted by Gasteiger charge is 2.03. The van der Waals surface area contributed by atoms with Crippen LogP contribution in [-0.2, 0) is 13.0 Å². The summed E-state index contributed by atoms with van der Waals surface area (Å²) in [6, 6.07) is 12.4. The molecule has 0 fully saturated rings. The Morgan fingerprint density at radius 3 is 2.44 bits per heavy atom. The van der Waals surface area contributed by atoms with E-state index < -0.39 is 0 Å². The summed E-state index contributed by atoms with van der Waals surface area (Å²) in [6.07, 6.45) is 0.993. The Morgan fingerprint density at radius 1 is 1.11 bits per heavy atom. The first-order valence-electron chi connectivity index (χ1n) is 5.94. The summed E-state index contributed by atoms with van der Waals surface area (Å²) in [5.74, 6) is 0.406. The van der Waals surface area contributed by atoms with Crippen molar-refractivity contribution in [2.24, 2.45) is 0 Å². The van der Waals surface area contributed by atoms with E-state index in [-0.39, 0.29) is 12.4 Å². The third-order valence-electron chi connectivity index (χ3n) is 2.80. The van der Waals surface area contributed by atoms with Gasteiger partial charge in [-0.25, -0.2) is 4.39 Å². The third-order valence-corrected chi connectivity index (χ3v) is 2.80. The minimum Gasteiger partial charge on any atom is -0.489 e. The Hall–Kier alpha value is -2.03. The first kappa shape index (κ1) is 12.4. The van der Waals surface area contributed by atoms with Gasteiger partial charge in [0.25, 0.3) is 0 Å². The fraction of sp³-hybridized carbons (Fsp3) is 0.200. The van der Waals surface area contributed by atoms with Crippen molar-refractivity contribution < 1.29 is 9.13 Å². The molecule has 2 N–H and O–H groups in total. The Bertz CT molecular complexity index is 523. The average molecular weight is 245 g/mol. The zero-order valence-electron chi connectivity index (χ0n) is 10.3. The van der Waals surface area contributed by atoms with Gasteiger partial charge in [0.2, 0.25) is 0 Å². The molecular formula is C15H16FNO. The number of hydrogen-bond donors (Lipinski definition) is 1. The van der Waals surface area contributed by atoms with Crippen LogP contribution in [0.15, 0.2) is 42.5 Å². The van der Waals surface area contributed by atoms with Gasteiger partial charge < -0.3 is 10.5 Å². The van der Waals surface area contributed by atoms with Crippen LogP contribution in [0, 0.1) is 5.82 Å². The molecular weight excluding hydrogens is 229 g/mol. The van der Waals surface area contributed by atoms with Gasteiger partial charge >= 0.3 is 0 Å². The number of nitrogens with two attached hydrogens (primary N) is 1. The van der Waals surface area contributed by atoms with Crippen molar-refractivity contribution >= 4 is 5.69 Å². The van der Waals surface area contributed by atoms with Crippen molar-refractivity contribution in [3.05, 3.63) is 59.4 Å². The summed E-state index contributed by atoms with van der Waals surface area (Å²) in [4.78, 5) is 0. The van der Waals surface area contributed by atoms with E-state index in [0.717, 1.165) is 12.2 Å². The van der Waals surface area contributed by atoms with Crippen LogP contribution in [0.2, 0.25) is 0 Å². The van der Waals surface area contributed by atoms with Crippen LogP contribution in [0.1, 0.15) is 18.1 Å². The maximum absolute atomic E-state index is 13.5. The van der Waals surface area contributed by atoms with E-state index in [1.807, 2.05) is 24.3 Å². The van der Waals surface area contributed by atoms with E-state index in [2.05, 4.69) is 6.92 Å². The van der Waals surface area contributed by atoms with Gasteiger partial charge in [0.05, 0.1) is 0 Å². The van der Waals surface area contributed by atoms with Crippen molar-refractivity contribution in [2.75, 3.05) is 5.73 Å². The monoisotopic (exact) mass is 245 g/mol. The fourth-order valence-corrected chi connectivity index (χ4v) is 1.66. The van der Waals surface area contributed by atoms with Crippen LogP contribution in [0.25, 0.3) is 0 Å². The Balaban J connectivity index is 2.02. The van der Waals surface area contributed by atoms with Gasteiger partial charge in [-0.05, 0) is 36.2 Å². The van der Waals surface area contributed by atoms with Gasteiger partial charge in [-0.3, -0.25) is 0 Å². The molecule has 0 saturated heterocycles. The molecule has 0 aliphatic carbocycles. The largest absolute Gasteiger partial charge is 0.489 e. The molecule has 0 spiro atoms. The van der Waals surface area contributed by atoms with Crippen LogP contribution in [0.3, 0.4) is 0 Å². The number of benzene rings is 2. The van der Waals surface area contributed by atoms with Crippen molar-refractivity contribution in [3.8, 4) is 5.75 Å². The molecule has 2 rings (SSSR count). The minimum atomic E-state index is -0.333. The lowest BCUT2D eigenvalue weighted by Gasteiger charge is -2.08. The molecule has 0 atom stereocenters. The predicted octanol–water partition coefficient (Wildman–Crippen LogP) is 3.55. The summed E-state index contributed by atoms with van der Waals surface area (Å²) < 4.78 is 19.0. The second kappa shape index (κ2) is 5.54. The Morgan fingerprint density at radius 2 is 1.83 bits per heavy atom. The number of halogens is 1. The Kier molecular flexibility index (Phi) is 3.82. The molecule has 0 unspecified atom stereocenters. The molecule has 0 amide bonds. The molecule has 2 aromatic carbocycles. The lowest BCUT2D eigenvalue weighted by molar-refractivity contribution is 0.300. The molecule has 2 aromatic rings. The molecule has 0 heterocycles. The predicted molar refractivity (Wildman–Crippen MR) is 71.0 cm³/mol. The smallest absolute Gasteiger partial charge is 0.131 e. The number of aryl methyl sites for hydroxylation is 1. The summed E-state index contributed by atoms with van der Waals surface area (Å²) in [5.41, 5.74) is 7.66. The average Bonchev–Trinajstić information content (AvgIpc) is 2.38. The molecule has 0 aromatic heterocycles. The molecule has 0 aliphatic rings. The van der Waals surface area contributed by atoms with Crippen LogP contribution in [0.5, 0.6) is 5.75 Å². The summed E-state index contributed by atoms with van der Waals surface area (Å²) in [7, 11) is 0. The second-order valence-corrected chi connectivity index (χ2v) is 4.14. The van der Waals surface area contributed by atoms with Crippen LogP contribution >= 0.6 is 0 Å². The zero-order chi connectivity index (χ0) is 13.0. The summed E-state index contributed by atoms with van der Waals surface area (Å²) >= 11 is 0. The van der Waals surface area contributed by atoms with Crippen molar-refractivity contribution in [2.45, 2.75) is 20.0 Å². The number of anilines is 1. The standard InChI is InChI=1S/C15H16FNO/c1-2-11-3-7-14(8-4-11)18-10-12-5-6-13(17)9-15(12)16/h3-9H,2,10,17H2,1H3. The Labute approximate surface area is 106 Å². The van der Waals surface area contributed by atoms with Crippen LogP contribution in [-0.4, -0.2) is 0 Å². The normalized spacial score (nSPS) is 10.3. The van der Waals surface area contributed by atoms with Gasteiger partial charge in [0, 0.05) is 11.3 Å². The van der Waals surface area contributed by atoms with E-state index in [1.165, 1.54) is 11.6 Å². The minimum absolute atomic E-state index is 0.206. The second-order valence-electron chi connectivity index (χ2n) is 4.14. The molecule has 2 nitrogen and oxygen atoms in total. The SMILES string of the molecule is CCc1ccc(OCc2ccc(N)cc2F)cc1. The molecule has 0 radical (unpaired) electrons. The number of nitrogen functional groups attached to an aromatic ring is 1. The lowest BCUT2D eigenvalue weighted by atomic mass is 10.2. The van der Waals surface area contributed by atoms with Crippen molar-refractivity contribution in [1.29, 1.82) is 0 Å². The van der Waals surface area contributed by atoms with E-state index >= 15 is 0 Å². The van der Waals surface area contributed by atoms with E-state index in [1.54, 1.807) is 12.1 Å². The van der Waals surface area contributed by atoms with Gasteiger partial charge in [-0.15, -0.1) is 0 Å². The van der Waals surface area contributed by atoms with Crippen molar-refractivity contribution in [3.63, 3.8) is 0 Å². The van der Waals surface area contributed by atoms with E-state index in [4.69, 9.17) is 10.5 Å². The molecule has 0 saturated carbocycles. The topological polar surface area (TPSA) is 35.2 Å². The first-order chi connectivity index (χ1) is 8.69. The highest BCUT2D eigenvalue weighted by molar-refractivity contribution is 5.40. The van der Waals surface area contributed by atoms with Crippen LogP contribution in [0.4, 0.5) is 10.1 Å². The summed E-state index contributed by atoms with van der Waals surface area (Å²) in [6.45, 7) is 2.30.